The van der Waals surface area contributed by atoms with Gasteiger partial charge in [0.1, 0.15) is 0 Å². The molecule has 0 aliphatic rings. The highest BCUT2D eigenvalue weighted by Gasteiger charge is 2.37. The Bertz CT molecular complexity index is 305. The largest absolute Gasteiger partial charge is 0.763 e. The molecule has 0 aromatic rings. The van der Waals surface area contributed by atoms with Gasteiger partial charge in [0.25, 0.3) is 0 Å². The van der Waals surface area contributed by atoms with Gasteiger partial charge in [-0.1, -0.05) is 20.8 Å². The van der Waals surface area contributed by atoms with Crippen LogP contribution in [0.1, 0.15) is 47.0 Å². The average molecular weight is 285 g/mol. The van der Waals surface area contributed by atoms with Gasteiger partial charge < -0.3 is 10.1 Å². The van der Waals surface area contributed by atoms with Crippen LogP contribution in [-0.2, 0) is 9.53 Å². The van der Waals surface area contributed by atoms with E-state index in [4.69, 9.17) is 4.74 Å². The molecule has 0 aromatic carbocycles. The molecule has 0 unspecified atom stereocenters. The van der Waals surface area contributed by atoms with Crippen LogP contribution in [0.4, 0.5) is 0 Å². The van der Waals surface area contributed by atoms with Gasteiger partial charge in [0.15, 0.2) is 0 Å². The van der Waals surface area contributed by atoms with Gasteiger partial charge in [0.2, 0.25) is 0 Å². The fourth-order valence-electron chi connectivity index (χ4n) is 2.69. The van der Waals surface area contributed by atoms with Crippen molar-refractivity contribution >= 4 is 19.1 Å². The van der Waals surface area contributed by atoms with Gasteiger partial charge in [-0.15, -0.1) is 0 Å². The summed E-state index contributed by atoms with van der Waals surface area (Å²) < 4.78 is 4.99. The minimum Gasteiger partial charge on any atom is -0.763 e. The highest BCUT2D eigenvalue weighted by Crippen LogP contribution is 2.61. The summed E-state index contributed by atoms with van der Waals surface area (Å²) in [4.78, 5) is 11.8. The van der Waals surface area contributed by atoms with Crippen molar-refractivity contribution in [1.29, 1.82) is 0 Å². The van der Waals surface area contributed by atoms with Crippen molar-refractivity contribution in [1.82, 2.24) is 0 Å². The summed E-state index contributed by atoms with van der Waals surface area (Å²) in [6.07, 6.45) is 7.62. The van der Waals surface area contributed by atoms with Gasteiger partial charge in [-0.25, -0.2) is 4.79 Å². The van der Waals surface area contributed by atoms with E-state index in [0.29, 0.717) is 18.3 Å². The topological polar surface area (TPSA) is 48.6 Å². The third-order valence-corrected chi connectivity index (χ3v) is 8.42. The number of carbonyl (C=O) groups excluding carboxylic acids is 1. The lowest BCUT2D eigenvalue weighted by molar-refractivity contribution is -0.138. The monoisotopic (exact) mass is 285 g/mol. The van der Waals surface area contributed by atoms with Crippen LogP contribution in [0.3, 0.4) is 0 Å². The van der Waals surface area contributed by atoms with E-state index in [1.165, 1.54) is 18.5 Å². The second kappa shape index (κ2) is 10.2. The number of hydrogen-bond donors (Lipinski definition) is 0. The highest BCUT2D eigenvalue weighted by molar-refractivity contribution is 7.76. The zero-order valence-corrected chi connectivity index (χ0v) is 13.8. The number of hydrogen-bond acceptors (Lipinski definition) is 2. The normalized spacial score (nSPS) is 10.9. The molecule has 0 saturated carbocycles. The Balaban J connectivity index is 5.04. The Kier molecular flexibility index (Phi) is 9.83. The molecular weight excluding hydrogens is 257 g/mol. The molecule has 0 bridgehead atoms. The molecule has 0 fully saturated rings. The van der Waals surface area contributed by atoms with Crippen LogP contribution in [0.2, 0.25) is 0 Å². The van der Waals surface area contributed by atoms with E-state index in [0.717, 1.165) is 19.3 Å². The summed E-state index contributed by atoms with van der Waals surface area (Å²) >= 11 is 0. The summed E-state index contributed by atoms with van der Waals surface area (Å²) in [6, 6.07) is 0. The highest BCUT2D eigenvalue weighted by atomic mass is 31.2. The van der Waals surface area contributed by atoms with Crippen LogP contribution in [0.15, 0.2) is 5.57 Å². The molecule has 0 N–H and O–H groups in total. The van der Waals surface area contributed by atoms with Gasteiger partial charge in [-0.05, 0) is 26.2 Å². The fraction of sp³-hybridized carbons (Fsp3) is 0.800. The lowest BCUT2D eigenvalue weighted by atomic mass is 10.3. The van der Waals surface area contributed by atoms with Crippen molar-refractivity contribution in [2.24, 2.45) is 0 Å². The molecule has 110 valence electrons. The zero-order valence-electron chi connectivity index (χ0n) is 12.9. The molecule has 0 saturated heterocycles. The molecule has 19 heavy (non-hydrogen) atoms. The summed E-state index contributed by atoms with van der Waals surface area (Å²) in [6.45, 7) is 8.69. The number of rotatable bonds is 10. The third kappa shape index (κ3) is 6.36. The van der Waals surface area contributed by atoms with E-state index < -0.39 is 13.2 Å². The maximum absolute atomic E-state index is 11.8. The summed E-state index contributed by atoms with van der Waals surface area (Å²) in [5.74, 6) is 1.68. The van der Waals surface area contributed by atoms with Crippen LogP contribution < -0.4 is 0 Å². The standard InChI is InChI=1S/C15H28NO2P/c1-5-9-19(10-6-2,11-7-3)13-14(12-16)15(17)18-8-4/h5-11,13H2,1-4H3. The smallest absolute Gasteiger partial charge is 0.343 e. The van der Waals surface area contributed by atoms with E-state index in [-0.39, 0.29) is 0 Å². The molecule has 0 heterocycles. The summed E-state index contributed by atoms with van der Waals surface area (Å²) in [5.41, 5.74) is 0.338. The lowest BCUT2D eigenvalue weighted by Crippen LogP contribution is -2.18. The van der Waals surface area contributed by atoms with Crippen molar-refractivity contribution in [3.8, 4) is 0 Å². The van der Waals surface area contributed by atoms with Crippen molar-refractivity contribution in [3.05, 3.63) is 11.0 Å². The first-order valence-electron chi connectivity index (χ1n) is 7.37. The van der Waals surface area contributed by atoms with Crippen LogP contribution in [-0.4, -0.2) is 43.1 Å². The number of ether oxygens (including phenoxy) is 1. The minimum atomic E-state index is -1.21. The molecule has 3 nitrogen and oxygen atoms in total. The Morgan fingerprint density at radius 1 is 1.05 bits per heavy atom. The fourth-order valence-corrected chi connectivity index (χ4v) is 7.56. The number of carbonyl (C=O) groups is 1. The third-order valence-electron chi connectivity index (χ3n) is 3.24. The van der Waals surface area contributed by atoms with Crippen LogP contribution in [0, 0.1) is 0 Å². The molecule has 0 atom stereocenters. The average Bonchev–Trinajstić information content (AvgIpc) is 2.37. The van der Waals surface area contributed by atoms with Crippen molar-refractivity contribution in [3.63, 3.8) is 0 Å². The Morgan fingerprint density at radius 3 is 1.84 bits per heavy atom. The lowest BCUT2D eigenvalue weighted by Gasteiger charge is -2.27. The molecule has 0 amide bonds. The predicted molar refractivity (Wildman–Crippen MR) is 85.8 cm³/mol. The predicted octanol–water partition coefficient (Wildman–Crippen LogP) is 3.96. The van der Waals surface area contributed by atoms with Gasteiger partial charge in [-0.2, -0.15) is 0 Å². The molecule has 0 radical (unpaired) electrons. The first kappa shape index (κ1) is 18.4. The molecule has 0 aromatic heterocycles. The van der Waals surface area contributed by atoms with Gasteiger partial charge >= 0.3 is 5.97 Å². The van der Waals surface area contributed by atoms with E-state index in [1.54, 1.807) is 6.92 Å². The van der Waals surface area contributed by atoms with E-state index in [9.17, 15) is 10.2 Å². The Hall–Kier alpha value is -0.650. The van der Waals surface area contributed by atoms with E-state index in [1.807, 2.05) is 0 Å². The van der Waals surface area contributed by atoms with Gasteiger partial charge in [0.05, 0.1) is 36.8 Å². The second-order valence-corrected chi connectivity index (χ2v) is 9.32. The molecule has 4 heteroatoms. The number of esters is 1. The molecule has 0 spiro atoms. The molecular formula is C15H28NO2P. The minimum absolute atomic E-state index is 0.338. The van der Waals surface area contributed by atoms with E-state index >= 15 is 0 Å². The molecule has 0 rings (SSSR count). The second-order valence-electron chi connectivity index (χ2n) is 4.98. The maximum atomic E-state index is 11.8. The zero-order chi connectivity index (χ0) is 14.7. The maximum Gasteiger partial charge on any atom is 0.343 e. The van der Waals surface area contributed by atoms with Crippen molar-refractivity contribution in [2.45, 2.75) is 47.0 Å². The van der Waals surface area contributed by atoms with Crippen LogP contribution in [0.25, 0.3) is 5.41 Å². The van der Waals surface area contributed by atoms with Gasteiger partial charge in [0, 0.05) is 7.26 Å². The summed E-state index contributed by atoms with van der Waals surface area (Å²) in [5, 5.41) is 9.22. The Morgan fingerprint density at radius 2 is 1.53 bits per heavy atom. The van der Waals surface area contributed by atoms with Crippen LogP contribution in [0.5, 0.6) is 0 Å². The van der Waals surface area contributed by atoms with Crippen LogP contribution >= 0.6 is 7.26 Å². The summed E-state index contributed by atoms with van der Waals surface area (Å²) in [7, 11) is -1.21. The first-order chi connectivity index (χ1) is 9.09. The van der Waals surface area contributed by atoms with E-state index in [2.05, 4.69) is 26.6 Å². The number of nitrogens with zero attached hydrogens (tertiary/aromatic N) is 1. The Labute approximate surface area is 118 Å². The van der Waals surface area contributed by atoms with Gasteiger partial charge in [-0.3, -0.25) is 5.87 Å². The van der Waals surface area contributed by atoms with Crippen molar-refractivity contribution in [2.75, 3.05) is 31.3 Å². The van der Waals surface area contributed by atoms with Crippen molar-refractivity contribution < 1.29 is 9.53 Å². The quantitative estimate of drug-likeness (QED) is 0.264. The molecule has 0 aliphatic heterocycles. The molecule has 0 aliphatic carbocycles. The SMILES string of the molecule is CCC[P+](CCC)(CCC)CC(=C=[N-])C(=O)OCC. The first-order valence-corrected chi connectivity index (χ1v) is 9.90.